The monoisotopic (exact) mass is 530 g/mol. The van der Waals surface area contributed by atoms with Crippen molar-refractivity contribution in [3.8, 4) is 0 Å². The van der Waals surface area contributed by atoms with E-state index >= 15 is 0 Å². The van der Waals surface area contributed by atoms with Gasteiger partial charge < -0.3 is 16.6 Å². The highest BCUT2D eigenvalue weighted by Crippen LogP contribution is 2.43. The van der Waals surface area contributed by atoms with E-state index in [0.29, 0.717) is 12.1 Å². The summed E-state index contributed by atoms with van der Waals surface area (Å²) in [5.41, 5.74) is 13.4. The van der Waals surface area contributed by atoms with Crippen LogP contribution in [0.1, 0.15) is 21.5 Å². The lowest BCUT2D eigenvalue weighted by atomic mass is 10.0. The number of aromatic carboxylic acids is 1. The van der Waals surface area contributed by atoms with Crippen LogP contribution in [0.5, 0.6) is 0 Å². The number of anilines is 2. The van der Waals surface area contributed by atoms with E-state index in [9.17, 15) is 22.9 Å². The van der Waals surface area contributed by atoms with E-state index in [1.54, 1.807) is 18.2 Å². The fraction of sp³-hybridized carbons (Fsp3) is 0.0385. The highest BCUT2D eigenvalue weighted by Gasteiger charge is 2.22. The number of hydrogen-bond acceptors (Lipinski definition) is 9. The summed E-state index contributed by atoms with van der Waals surface area (Å²) in [6.45, 7) is 0. The second kappa shape index (κ2) is 11.0. The summed E-state index contributed by atoms with van der Waals surface area (Å²) in [7, 11) is -4.81. The molecule has 0 aliphatic rings. The van der Waals surface area contributed by atoms with Gasteiger partial charge in [-0.2, -0.15) is 13.5 Å². The van der Waals surface area contributed by atoms with Crippen LogP contribution in [-0.2, 0) is 16.5 Å². The Balaban J connectivity index is 1.79. The molecule has 0 fully saturated rings. The molecule has 0 atom stereocenters. The Hall–Kier alpha value is -4.94. The molecule has 6 N–H and O–H groups in total. The largest absolute Gasteiger partial charge is 0.478 e. The van der Waals surface area contributed by atoms with E-state index in [1.807, 2.05) is 42.5 Å². The minimum Gasteiger partial charge on any atom is -0.478 e. The molecule has 0 saturated carbocycles. The van der Waals surface area contributed by atoms with Gasteiger partial charge in [0.2, 0.25) is 0 Å². The van der Waals surface area contributed by atoms with Crippen molar-refractivity contribution in [1.29, 1.82) is 0 Å². The van der Waals surface area contributed by atoms with Crippen LogP contribution >= 0.6 is 0 Å². The fourth-order valence-corrected chi connectivity index (χ4v) is 4.23. The van der Waals surface area contributed by atoms with E-state index in [0.717, 1.165) is 17.2 Å². The minimum atomic E-state index is -4.81. The van der Waals surface area contributed by atoms with Crippen molar-refractivity contribution in [3.05, 3.63) is 102 Å². The van der Waals surface area contributed by atoms with Gasteiger partial charge in [-0.1, -0.05) is 60.7 Å². The molecule has 12 heteroatoms. The fourth-order valence-electron chi connectivity index (χ4n) is 3.59. The number of azo groups is 2. The Labute approximate surface area is 217 Å². The lowest BCUT2D eigenvalue weighted by molar-refractivity contribution is 0.0697. The number of nitrogens with two attached hydrogens (primary N) is 2. The van der Waals surface area contributed by atoms with Crippen molar-refractivity contribution < 1.29 is 22.9 Å². The third-order valence-corrected chi connectivity index (χ3v) is 6.38. The maximum atomic E-state index is 12.0. The van der Waals surface area contributed by atoms with Crippen LogP contribution in [0.4, 0.5) is 34.1 Å². The third-order valence-electron chi connectivity index (χ3n) is 5.48. The highest BCUT2D eigenvalue weighted by atomic mass is 32.2. The summed E-state index contributed by atoms with van der Waals surface area (Å²) in [5, 5.41) is 25.6. The zero-order valence-electron chi connectivity index (χ0n) is 19.8. The molecule has 0 spiro atoms. The lowest BCUT2D eigenvalue weighted by Crippen LogP contribution is -2.05. The Kier molecular flexibility index (Phi) is 7.55. The maximum absolute atomic E-state index is 12.0. The van der Waals surface area contributed by atoms with E-state index in [2.05, 4.69) is 20.5 Å². The number of hydrogen-bond donors (Lipinski definition) is 4. The predicted octanol–water partition coefficient (Wildman–Crippen LogP) is 6.22. The number of rotatable bonds is 8. The van der Waals surface area contributed by atoms with Gasteiger partial charge in [-0.3, -0.25) is 4.55 Å². The smallest absolute Gasteiger partial charge is 0.337 e. The van der Waals surface area contributed by atoms with E-state index < -0.39 is 26.7 Å². The Morgan fingerprint density at radius 3 is 2.00 bits per heavy atom. The first kappa shape index (κ1) is 26.1. The van der Waals surface area contributed by atoms with Gasteiger partial charge in [0, 0.05) is 0 Å². The Morgan fingerprint density at radius 2 is 1.32 bits per heavy atom. The molecule has 0 aliphatic heterocycles. The molecule has 0 bridgehead atoms. The molecule has 0 radical (unpaired) electrons. The summed E-state index contributed by atoms with van der Waals surface area (Å²) in [5.74, 6) is -1.23. The maximum Gasteiger partial charge on any atom is 0.337 e. The van der Waals surface area contributed by atoms with Crippen molar-refractivity contribution >= 4 is 50.2 Å². The van der Waals surface area contributed by atoms with Crippen molar-refractivity contribution in [2.45, 2.75) is 11.3 Å². The summed E-state index contributed by atoms with van der Waals surface area (Å²) in [6.07, 6.45) is 0.564. The van der Waals surface area contributed by atoms with E-state index in [1.165, 1.54) is 18.2 Å². The van der Waals surface area contributed by atoms with Crippen LogP contribution in [0.2, 0.25) is 0 Å². The second-order valence-corrected chi connectivity index (χ2v) is 9.45. The van der Waals surface area contributed by atoms with Crippen LogP contribution in [-0.4, -0.2) is 24.0 Å². The number of carboxylic acid groups (broad SMARTS) is 1. The lowest BCUT2D eigenvalue weighted by Gasteiger charge is -2.11. The number of nitrogen functional groups attached to an aromatic ring is 2. The highest BCUT2D eigenvalue weighted by molar-refractivity contribution is 7.86. The quantitative estimate of drug-likeness (QED) is 0.118. The topological polar surface area (TPSA) is 193 Å². The molecule has 192 valence electrons. The molecule has 11 nitrogen and oxygen atoms in total. The van der Waals surface area contributed by atoms with Gasteiger partial charge in [0.25, 0.3) is 10.1 Å². The van der Waals surface area contributed by atoms with Gasteiger partial charge in [0.05, 0.1) is 22.6 Å². The molecular formula is C26H22N6O5S. The standard InChI is InChI=1S/C26H22N6O5S/c27-23-21(31-30-20-13-7-5-11-18(20)26(33)34)15-22(38(35,36)37)24(28)25(23)32-29-19-12-6-4-10-17(19)14-16-8-2-1-3-9-16/h1-13,15H,14,27-28H2,(H,33,34)(H,35,36,37)/b31-30+,32-29+. The summed E-state index contributed by atoms with van der Waals surface area (Å²) >= 11 is 0. The SMILES string of the molecule is Nc1c(/N=N/c2ccccc2C(=O)O)cc(S(=O)(=O)O)c(N)c1/N=N/c1ccccc1Cc1ccccc1. The predicted molar refractivity (Wildman–Crippen MR) is 143 cm³/mol. The van der Waals surface area contributed by atoms with Crippen LogP contribution in [0.25, 0.3) is 0 Å². The van der Waals surface area contributed by atoms with Gasteiger partial charge in [0.15, 0.2) is 0 Å². The zero-order valence-corrected chi connectivity index (χ0v) is 20.6. The first-order chi connectivity index (χ1) is 18.1. The third kappa shape index (κ3) is 5.88. The average molecular weight is 531 g/mol. The summed E-state index contributed by atoms with van der Waals surface area (Å²) in [6, 6.07) is 23.7. The van der Waals surface area contributed by atoms with Gasteiger partial charge >= 0.3 is 5.97 Å². The molecule has 4 aromatic carbocycles. The number of nitrogens with zero attached hydrogens (tertiary/aromatic N) is 4. The van der Waals surface area contributed by atoms with Crippen molar-refractivity contribution in [3.63, 3.8) is 0 Å². The molecule has 4 aromatic rings. The molecule has 4 rings (SSSR count). The average Bonchev–Trinajstić information content (AvgIpc) is 2.89. The minimum absolute atomic E-state index is 0.00245. The molecule has 0 amide bonds. The Morgan fingerprint density at radius 1 is 0.737 bits per heavy atom. The number of carbonyl (C=O) groups is 1. The Bertz CT molecular complexity index is 1670. The van der Waals surface area contributed by atoms with Crippen LogP contribution in [0.3, 0.4) is 0 Å². The first-order valence-electron chi connectivity index (χ1n) is 11.1. The van der Waals surface area contributed by atoms with Crippen molar-refractivity contribution in [2.75, 3.05) is 11.5 Å². The normalized spacial score (nSPS) is 11.8. The number of carboxylic acids is 1. The number of benzene rings is 4. The zero-order chi connectivity index (χ0) is 27.3. The first-order valence-corrected chi connectivity index (χ1v) is 12.6. The molecule has 38 heavy (non-hydrogen) atoms. The van der Waals surface area contributed by atoms with Gasteiger partial charge in [-0.05, 0) is 41.8 Å². The van der Waals surface area contributed by atoms with E-state index in [4.69, 9.17) is 11.5 Å². The molecule has 0 aromatic heterocycles. The summed E-state index contributed by atoms with van der Waals surface area (Å²) in [4.78, 5) is 10.8. The molecule has 0 heterocycles. The molecule has 0 unspecified atom stereocenters. The molecule has 0 aliphatic carbocycles. The van der Waals surface area contributed by atoms with Gasteiger partial charge in [0.1, 0.15) is 22.0 Å². The molecular weight excluding hydrogens is 508 g/mol. The van der Waals surface area contributed by atoms with Crippen molar-refractivity contribution in [1.82, 2.24) is 0 Å². The van der Waals surface area contributed by atoms with Crippen LogP contribution in [0, 0.1) is 0 Å². The molecule has 0 saturated heterocycles. The van der Waals surface area contributed by atoms with Crippen LogP contribution < -0.4 is 11.5 Å². The van der Waals surface area contributed by atoms with E-state index in [-0.39, 0.29) is 28.3 Å². The summed E-state index contributed by atoms with van der Waals surface area (Å²) < 4.78 is 33.8. The van der Waals surface area contributed by atoms with Crippen molar-refractivity contribution in [2.24, 2.45) is 20.5 Å². The second-order valence-electron chi connectivity index (χ2n) is 8.06. The van der Waals surface area contributed by atoms with Crippen LogP contribution in [0.15, 0.2) is 110 Å². The van der Waals surface area contributed by atoms with Gasteiger partial charge in [-0.25, -0.2) is 4.79 Å². The van der Waals surface area contributed by atoms with Gasteiger partial charge in [-0.15, -0.1) is 15.3 Å².